The van der Waals surface area contributed by atoms with Crippen LogP contribution in [0.5, 0.6) is 0 Å². The van der Waals surface area contributed by atoms with Crippen molar-refractivity contribution in [2.24, 2.45) is 0 Å². The van der Waals surface area contributed by atoms with E-state index in [0.29, 0.717) is 0 Å². The summed E-state index contributed by atoms with van der Waals surface area (Å²) in [5.41, 5.74) is 3.94. The Morgan fingerprint density at radius 1 is 0.826 bits per heavy atom. The van der Waals surface area contributed by atoms with E-state index in [1.807, 2.05) is 0 Å². The van der Waals surface area contributed by atoms with E-state index < -0.39 is 0 Å². The Labute approximate surface area is 137 Å². The van der Waals surface area contributed by atoms with E-state index in [0.717, 1.165) is 39.1 Å². The normalized spacial score (nSPS) is 16.1. The highest BCUT2D eigenvalue weighted by atomic mass is 15.3. The predicted octanol–water partition coefficient (Wildman–Crippen LogP) is 3.53. The van der Waals surface area contributed by atoms with Crippen LogP contribution in [-0.4, -0.2) is 42.6 Å². The zero-order valence-corrected chi connectivity index (χ0v) is 13.4. The highest BCUT2D eigenvalue weighted by Gasteiger charge is 2.16. The van der Waals surface area contributed by atoms with Gasteiger partial charge in [-0.2, -0.15) is 0 Å². The smallest absolute Gasteiger partial charge is 0.0456 e. The lowest BCUT2D eigenvalue weighted by atomic mass is 10.2. The number of hydrogen-bond donors (Lipinski definition) is 1. The van der Waals surface area contributed by atoms with E-state index in [2.05, 4.69) is 75.4 Å². The number of piperazine rings is 1. The first-order valence-corrected chi connectivity index (χ1v) is 8.47. The molecule has 2 aromatic carbocycles. The Hall–Kier alpha value is -2.26. The van der Waals surface area contributed by atoms with Crippen molar-refractivity contribution in [1.29, 1.82) is 0 Å². The van der Waals surface area contributed by atoms with Crippen LogP contribution in [0.4, 0.5) is 5.69 Å². The molecule has 1 aromatic heterocycles. The van der Waals surface area contributed by atoms with Crippen LogP contribution in [-0.2, 0) is 6.42 Å². The third kappa shape index (κ3) is 3.25. The Bertz CT molecular complexity index is 722. The second-order valence-electron chi connectivity index (χ2n) is 6.30. The van der Waals surface area contributed by atoms with E-state index >= 15 is 0 Å². The summed E-state index contributed by atoms with van der Waals surface area (Å²) < 4.78 is 0. The number of aromatic amines is 1. The number of anilines is 1. The summed E-state index contributed by atoms with van der Waals surface area (Å²) in [6, 6.07) is 21.5. The lowest BCUT2D eigenvalue weighted by Gasteiger charge is -2.36. The molecule has 4 rings (SSSR count). The number of hydrogen-bond acceptors (Lipinski definition) is 2. The van der Waals surface area contributed by atoms with Gasteiger partial charge in [-0.3, -0.25) is 4.90 Å². The molecule has 118 valence electrons. The van der Waals surface area contributed by atoms with Crippen molar-refractivity contribution in [3.63, 3.8) is 0 Å². The summed E-state index contributed by atoms with van der Waals surface area (Å²) in [4.78, 5) is 8.59. The van der Waals surface area contributed by atoms with Gasteiger partial charge in [0.15, 0.2) is 0 Å². The zero-order chi connectivity index (χ0) is 15.5. The summed E-state index contributed by atoms with van der Waals surface area (Å²) in [6.07, 6.45) is 1.10. The average molecular weight is 305 g/mol. The number of fused-ring (bicyclic) bond motifs is 1. The molecule has 0 atom stereocenters. The molecule has 0 bridgehead atoms. The lowest BCUT2D eigenvalue weighted by Crippen LogP contribution is -2.47. The van der Waals surface area contributed by atoms with Gasteiger partial charge < -0.3 is 9.88 Å². The van der Waals surface area contributed by atoms with E-state index in [1.54, 1.807) is 0 Å². The minimum atomic E-state index is 1.10. The van der Waals surface area contributed by atoms with Crippen molar-refractivity contribution >= 4 is 16.6 Å². The summed E-state index contributed by atoms with van der Waals surface area (Å²) >= 11 is 0. The van der Waals surface area contributed by atoms with Crippen molar-refractivity contribution in [3.05, 3.63) is 66.4 Å². The maximum Gasteiger partial charge on any atom is 0.0456 e. The molecule has 23 heavy (non-hydrogen) atoms. The van der Waals surface area contributed by atoms with Gasteiger partial charge in [0.25, 0.3) is 0 Å². The molecule has 1 fully saturated rings. The van der Waals surface area contributed by atoms with Gasteiger partial charge in [0.1, 0.15) is 0 Å². The topological polar surface area (TPSA) is 22.3 Å². The van der Waals surface area contributed by atoms with E-state index in [-0.39, 0.29) is 0 Å². The maximum absolute atomic E-state index is 3.53. The largest absolute Gasteiger partial charge is 0.369 e. The van der Waals surface area contributed by atoms with Crippen LogP contribution in [0.3, 0.4) is 0 Å². The van der Waals surface area contributed by atoms with E-state index in [1.165, 1.54) is 22.3 Å². The third-order valence-electron chi connectivity index (χ3n) is 4.78. The van der Waals surface area contributed by atoms with Crippen molar-refractivity contribution in [3.8, 4) is 0 Å². The molecule has 0 unspecified atom stereocenters. The molecule has 0 radical (unpaired) electrons. The second-order valence-corrected chi connectivity index (χ2v) is 6.30. The van der Waals surface area contributed by atoms with Crippen LogP contribution in [0.1, 0.15) is 5.69 Å². The standard InChI is InChI=1S/C20H23N3/c1-2-7-19(8-3-1)23-14-12-22(13-15-23)11-10-18-16-17-6-4-5-9-20(17)21-18/h1-9,16,21H,10-15H2. The highest BCUT2D eigenvalue weighted by Crippen LogP contribution is 2.17. The molecule has 0 aliphatic carbocycles. The van der Waals surface area contributed by atoms with Gasteiger partial charge in [0.05, 0.1) is 0 Å². The molecule has 3 aromatic rings. The van der Waals surface area contributed by atoms with Gasteiger partial charge in [-0.25, -0.2) is 0 Å². The van der Waals surface area contributed by atoms with Crippen molar-refractivity contribution < 1.29 is 0 Å². The number of aromatic nitrogens is 1. The van der Waals surface area contributed by atoms with E-state index in [4.69, 9.17) is 0 Å². The molecule has 2 heterocycles. The average Bonchev–Trinajstić information content (AvgIpc) is 3.04. The summed E-state index contributed by atoms with van der Waals surface area (Å²) in [5, 5.41) is 1.32. The first-order valence-electron chi connectivity index (χ1n) is 8.47. The van der Waals surface area contributed by atoms with Gasteiger partial charge in [-0.1, -0.05) is 36.4 Å². The van der Waals surface area contributed by atoms with Gasteiger partial charge >= 0.3 is 0 Å². The molecule has 1 aliphatic rings. The first-order chi connectivity index (χ1) is 11.4. The molecule has 3 nitrogen and oxygen atoms in total. The third-order valence-corrected chi connectivity index (χ3v) is 4.78. The summed E-state index contributed by atoms with van der Waals surface area (Å²) in [6.45, 7) is 5.67. The SMILES string of the molecule is c1ccc(N2CCN(CCc3cc4ccccc4[nH]3)CC2)cc1. The number of para-hydroxylation sites is 2. The minimum Gasteiger partial charge on any atom is -0.369 e. The van der Waals surface area contributed by atoms with Gasteiger partial charge in [0.2, 0.25) is 0 Å². The molecule has 0 saturated carbocycles. The summed E-state index contributed by atoms with van der Waals surface area (Å²) in [7, 11) is 0. The van der Waals surface area contributed by atoms with Crippen LogP contribution in [0.2, 0.25) is 0 Å². The molecule has 0 spiro atoms. The Morgan fingerprint density at radius 3 is 2.35 bits per heavy atom. The maximum atomic E-state index is 3.53. The molecule has 1 saturated heterocycles. The van der Waals surface area contributed by atoms with Crippen LogP contribution in [0, 0.1) is 0 Å². The fraction of sp³-hybridized carbons (Fsp3) is 0.300. The summed E-state index contributed by atoms with van der Waals surface area (Å²) in [5.74, 6) is 0. The molecule has 0 amide bonds. The number of rotatable bonds is 4. The second kappa shape index (κ2) is 6.47. The monoisotopic (exact) mass is 305 g/mol. The van der Waals surface area contributed by atoms with Crippen LogP contribution in [0.15, 0.2) is 60.7 Å². The predicted molar refractivity (Wildman–Crippen MR) is 97.1 cm³/mol. The van der Waals surface area contributed by atoms with Gasteiger partial charge in [0, 0.05) is 56.0 Å². The van der Waals surface area contributed by atoms with E-state index in [9.17, 15) is 0 Å². The molecule has 1 aliphatic heterocycles. The van der Waals surface area contributed by atoms with Crippen molar-refractivity contribution in [2.45, 2.75) is 6.42 Å². The van der Waals surface area contributed by atoms with Gasteiger partial charge in [-0.15, -0.1) is 0 Å². The Morgan fingerprint density at radius 2 is 1.57 bits per heavy atom. The lowest BCUT2D eigenvalue weighted by molar-refractivity contribution is 0.260. The Balaban J connectivity index is 1.31. The fourth-order valence-corrected chi connectivity index (χ4v) is 3.42. The molecular weight excluding hydrogens is 282 g/mol. The molecular formula is C20H23N3. The molecule has 3 heteroatoms. The quantitative estimate of drug-likeness (QED) is 0.796. The first kappa shape index (κ1) is 14.3. The zero-order valence-electron chi connectivity index (χ0n) is 13.4. The van der Waals surface area contributed by atoms with Crippen LogP contribution in [0.25, 0.3) is 10.9 Å². The fourth-order valence-electron chi connectivity index (χ4n) is 3.42. The van der Waals surface area contributed by atoms with Crippen molar-refractivity contribution in [2.75, 3.05) is 37.6 Å². The molecule has 1 N–H and O–H groups in total. The van der Waals surface area contributed by atoms with Crippen LogP contribution < -0.4 is 4.90 Å². The van der Waals surface area contributed by atoms with Gasteiger partial charge in [-0.05, 0) is 29.7 Å². The number of H-pyrrole nitrogens is 1. The number of benzene rings is 2. The Kier molecular flexibility index (Phi) is 4.03. The minimum absolute atomic E-state index is 1.10. The van der Waals surface area contributed by atoms with Crippen LogP contribution >= 0.6 is 0 Å². The number of nitrogens with one attached hydrogen (secondary N) is 1. The number of nitrogens with zero attached hydrogens (tertiary/aromatic N) is 2. The highest BCUT2D eigenvalue weighted by molar-refractivity contribution is 5.80. The van der Waals surface area contributed by atoms with Crippen molar-refractivity contribution in [1.82, 2.24) is 9.88 Å².